The summed E-state index contributed by atoms with van der Waals surface area (Å²) in [5, 5.41) is 6.91. The summed E-state index contributed by atoms with van der Waals surface area (Å²) in [5.74, 6) is -0.159. The number of nitrogen functional groups attached to an aromatic ring is 1. The van der Waals surface area contributed by atoms with Gasteiger partial charge in [-0.2, -0.15) is 5.10 Å². The lowest BCUT2D eigenvalue weighted by Gasteiger charge is -2.08. The van der Waals surface area contributed by atoms with Crippen LogP contribution in [-0.4, -0.2) is 15.7 Å². The summed E-state index contributed by atoms with van der Waals surface area (Å²) in [7, 11) is 1.81. The van der Waals surface area contributed by atoms with Gasteiger partial charge in [0.25, 0.3) is 5.91 Å². The summed E-state index contributed by atoms with van der Waals surface area (Å²) in [6.07, 6.45) is 1.57. The number of aryl methyl sites for hydroxylation is 2. The summed E-state index contributed by atoms with van der Waals surface area (Å²) in [6, 6.07) is 5.39. The molecular weight excluding hydrogens is 228 g/mol. The number of nitrogens with two attached hydrogens (primary N) is 1. The Morgan fingerprint density at radius 1 is 1.39 bits per heavy atom. The third kappa shape index (κ3) is 2.20. The van der Waals surface area contributed by atoms with E-state index in [2.05, 4.69) is 10.4 Å². The van der Waals surface area contributed by atoms with Gasteiger partial charge in [-0.25, -0.2) is 0 Å². The zero-order valence-corrected chi connectivity index (χ0v) is 10.7. The van der Waals surface area contributed by atoms with Crippen molar-refractivity contribution in [3.63, 3.8) is 0 Å². The number of benzene rings is 1. The number of amides is 1. The van der Waals surface area contributed by atoms with E-state index in [1.165, 1.54) is 0 Å². The van der Waals surface area contributed by atoms with Crippen LogP contribution in [0.2, 0.25) is 0 Å². The Morgan fingerprint density at radius 3 is 2.67 bits per heavy atom. The second kappa shape index (κ2) is 4.52. The van der Waals surface area contributed by atoms with E-state index >= 15 is 0 Å². The van der Waals surface area contributed by atoms with Gasteiger partial charge in [-0.3, -0.25) is 9.48 Å². The molecule has 3 N–H and O–H groups in total. The predicted octanol–water partition coefficient (Wildman–Crippen LogP) is 1.87. The maximum absolute atomic E-state index is 12.1. The molecule has 5 heteroatoms. The van der Waals surface area contributed by atoms with Gasteiger partial charge in [-0.1, -0.05) is 0 Å². The normalized spacial score (nSPS) is 10.4. The molecule has 0 spiro atoms. The second-order valence-corrected chi connectivity index (χ2v) is 4.30. The molecule has 0 fully saturated rings. The van der Waals surface area contributed by atoms with Crippen LogP contribution >= 0.6 is 0 Å². The smallest absolute Gasteiger partial charge is 0.259 e. The molecule has 5 nitrogen and oxygen atoms in total. The van der Waals surface area contributed by atoms with Crippen molar-refractivity contribution in [1.29, 1.82) is 0 Å². The topological polar surface area (TPSA) is 72.9 Å². The molecule has 94 valence electrons. The summed E-state index contributed by atoms with van der Waals surface area (Å²) in [4.78, 5) is 12.1. The Kier molecular flexibility index (Phi) is 3.06. The first-order chi connectivity index (χ1) is 8.49. The van der Waals surface area contributed by atoms with E-state index in [-0.39, 0.29) is 5.91 Å². The molecule has 0 unspecified atom stereocenters. The molecule has 0 bridgehead atoms. The molecule has 1 amide bonds. The van der Waals surface area contributed by atoms with Crippen molar-refractivity contribution in [2.24, 2.45) is 7.05 Å². The number of aromatic nitrogens is 2. The summed E-state index contributed by atoms with van der Waals surface area (Å²) >= 11 is 0. The van der Waals surface area contributed by atoms with Crippen molar-refractivity contribution in [3.05, 3.63) is 41.2 Å². The highest BCUT2D eigenvalue weighted by Gasteiger charge is 2.13. The number of hydrogen-bond acceptors (Lipinski definition) is 3. The van der Waals surface area contributed by atoms with Crippen molar-refractivity contribution in [2.45, 2.75) is 13.8 Å². The average Bonchev–Trinajstić information content (AvgIpc) is 2.64. The molecule has 2 aromatic rings. The van der Waals surface area contributed by atoms with Crippen LogP contribution in [0.1, 0.15) is 21.6 Å². The van der Waals surface area contributed by atoms with Gasteiger partial charge in [0.2, 0.25) is 0 Å². The van der Waals surface area contributed by atoms with Gasteiger partial charge in [0.15, 0.2) is 0 Å². The number of nitrogens with zero attached hydrogens (tertiary/aromatic N) is 2. The fourth-order valence-electron chi connectivity index (χ4n) is 1.74. The molecule has 0 saturated carbocycles. The van der Waals surface area contributed by atoms with Crippen LogP contribution in [0.4, 0.5) is 11.4 Å². The van der Waals surface area contributed by atoms with Crippen molar-refractivity contribution >= 4 is 17.3 Å². The zero-order valence-electron chi connectivity index (χ0n) is 10.7. The minimum Gasteiger partial charge on any atom is -0.399 e. The molecule has 0 saturated heterocycles. The van der Waals surface area contributed by atoms with E-state index in [1.54, 1.807) is 30.1 Å². The molecule has 0 atom stereocenters. The second-order valence-electron chi connectivity index (χ2n) is 4.30. The molecule has 1 heterocycles. The first-order valence-corrected chi connectivity index (χ1v) is 5.65. The van der Waals surface area contributed by atoms with Crippen LogP contribution < -0.4 is 11.1 Å². The fourth-order valence-corrected chi connectivity index (χ4v) is 1.74. The van der Waals surface area contributed by atoms with Crippen molar-refractivity contribution in [2.75, 3.05) is 11.1 Å². The minimum absolute atomic E-state index is 0.159. The standard InChI is InChI=1S/C13H16N4O/c1-8-6-10(14)4-5-12(8)16-13(18)11-7-15-17(3)9(11)2/h4-7H,14H2,1-3H3,(H,16,18). The van der Waals surface area contributed by atoms with Crippen molar-refractivity contribution < 1.29 is 4.79 Å². The number of anilines is 2. The molecule has 1 aromatic carbocycles. The van der Waals surface area contributed by atoms with E-state index < -0.39 is 0 Å². The SMILES string of the molecule is Cc1cc(N)ccc1NC(=O)c1cnn(C)c1C. The lowest BCUT2D eigenvalue weighted by molar-refractivity contribution is 0.102. The van der Waals surface area contributed by atoms with Gasteiger partial charge in [-0.05, 0) is 37.6 Å². The fraction of sp³-hybridized carbons (Fsp3) is 0.231. The monoisotopic (exact) mass is 244 g/mol. The molecule has 0 aliphatic heterocycles. The van der Waals surface area contributed by atoms with E-state index in [0.717, 1.165) is 16.9 Å². The molecule has 0 aliphatic carbocycles. The third-order valence-electron chi connectivity index (χ3n) is 2.98. The third-order valence-corrected chi connectivity index (χ3v) is 2.98. The number of carbonyl (C=O) groups is 1. The maximum atomic E-state index is 12.1. The molecular formula is C13H16N4O. The van der Waals surface area contributed by atoms with E-state index in [0.29, 0.717) is 11.3 Å². The first-order valence-electron chi connectivity index (χ1n) is 5.65. The quantitative estimate of drug-likeness (QED) is 0.792. The van der Waals surface area contributed by atoms with Gasteiger partial charge in [-0.15, -0.1) is 0 Å². The summed E-state index contributed by atoms with van der Waals surface area (Å²) in [5.41, 5.74) is 9.46. The van der Waals surface area contributed by atoms with Crippen molar-refractivity contribution in [1.82, 2.24) is 9.78 Å². The lowest BCUT2D eigenvalue weighted by atomic mass is 10.1. The Bertz CT molecular complexity index is 601. The van der Waals surface area contributed by atoms with Gasteiger partial charge >= 0.3 is 0 Å². The Morgan fingerprint density at radius 2 is 2.11 bits per heavy atom. The number of rotatable bonds is 2. The highest BCUT2D eigenvalue weighted by molar-refractivity contribution is 6.05. The molecule has 0 radical (unpaired) electrons. The highest BCUT2D eigenvalue weighted by Crippen LogP contribution is 2.19. The van der Waals surface area contributed by atoms with Gasteiger partial charge in [0.05, 0.1) is 11.8 Å². The molecule has 18 heavy (non-hydrogen) atoms. The lowest BCUT2D eigenvalue weighted by Crippen LogP contribution is -2.13. The van der Waals surface area contributed by atoms with Crippen LogP contribution in [0.15, 0.2) is 24.4 Å². The van der Waals surface area contributed by atoms with Crippen LogP contribution in [0.5, 0.6) is 0 Å². The molecule has 2 rings (SSSR count). The average molecular weight is 244 g/mol. The zero-order chi connectivity index (χ0) is 13.3. The van der Waals surface area contributed by atoms with Gasteiger partial charge in [0.1, 0.15) is 0 Å². The molecule has 0 aliphatic rings. The van der Waals surface area contributed by atoms with Crippen LogP contribution in [0.25, 0.3) is 0 Å². The van der Waals surface area contributed by atoms with Crippen LogP contribution in [-0.2, 0) is 7.05 Å². The highest BCUT2D eigenvalue weighted by atomic mass is 16.1. The van der Waals surface area contributed by atoms with E-state index in [9.17, 15) is 4.79 Å². The van der Waals surface area contributed by atoms with Crippen LogP contribution in [0.3, 0.4) is 0 Å². The summed E-state index contributed by atoms with van der Waals surface area (Å²) in [6.45, 7) is 3.76. The number of hydrogen-bond donors (Lipinski definition) is 2. The number of nitrogens with one attached hydrogen (secondary N) is 1. The van der Waals surface area contributed by atoms with E-state index in [1.807, 2.05) is 19.9 Å². The Hall–Kier alpha value is -2.30. The first kappa shape index (κ1) is 12.2. The predicted molar refractivity (Wildman–Crippen MR) is 71.5 cm³/mol. The Balaban J connectivity index is 2.24. The van der Waals surface area contributed by atoms with Crippen molar-refractivity contribution in [3.8, 4) is 0 Å². The van der Waals surface area contributed by atoms with Gasteiger partial charge < -0.3 is 11.1 Å². The number of carbonyl (C=O) groups excluding carboxylic acids is 1. The van der Waals surface area contributed by atoms with Crippen LogP contribution in [0, 0.1) is 13.8 Å². The van der Waals surface area contributed by atoms with E-state index in [4.69, 9.17) is 5.73 Å². The maximum Gasteiger partial charge on any atom is 0.259 e. The largest absolute Gasteiger partial charge is 0.399 e. The molecule has 1 aromatic heterocycles. The van der Waals surface area contributed by atoms with Gasteiger partial charge in [0, 0.05) is 24.1 Å². The Labute approximate surface area is 106 Å². The summed E-state index contributed by atoms with van der Waals surface area (Å²) < 4.78 is 1.67. The minimum atomic E-state index is -0.159.